The molecular formula is C16H18S. The van der Waals surface area contributed by atoms with Crippen molar-refractivity contribution < 1.29 is 0 Å². The van der Waals surface area contributed by atoms with E-state index in [1.165, 1.54) is 16.7 Å². The highest BCUT2D eigenvalue weighted by Gasteiger charge is 2.00. The summed E-state index contributed by atoms with van der Waals surface area (Å²) in [6, 6.07) is 8.38. The van der Waals surface area contributed by atoms with Crippen LogP contribution in [0.5, 0.6) is 0 Å². The second-order valence-corrected chi connectivity index (χ2v) is 4.65. The van der Waals surface area contributed by atoms with Crippen LogP contribution >= 0.6 is 12.2 Å². The van der Waals surface area contributed by atoms with Crippen LogP contribution < -0.4 is 0 Å². The molecule has 0 nitrogen and oxygen atoms in total. The molecule has 0 aliphatic carbocycles. The fraction of sp³-hybridized carbons (Fsp3) is 0.188. The molecule has 0 saturated carbocycles. The minimum Gasteiger partial charge on any atom is -0.0991 e. The molecule has 1 aromatic rings. The summed E-state index contributed by atoms with van der Waals surface area (Å²) >= 11 is 5.15. The molecule has 0 heterocycles. The first-order chi connectivity index (χ1) is 8.06. The molecule has 0 radical (unpaired) electrons. The summed E-state index contributed by atoms with van der Waals surface area (Å²) in [6.45, 7) is 9.85. The molecule has 0 spiro atoms. The van der Waals surface area contributed by atoms with Crippen molar-refractivity contribution in [2.75, 3.05) is 0 Å². The highest BCUT2D eigenvalue weighted by Crippen LogP contribution is 2.19. The highest BCUT2D eigenvalue weighted by atomic mass is 32.1. The number of rotatable bonds is 4. The monoisotopic (exact) mass is 242 g/mol. The molecule has 1 aromatic carbocycles. The Bertz CT molecular complexity index is 473. The van der Waals surface area contributed by atoms with Crippen LogP contribution in [0.3, 0.4) is 0 Å². The van der Waals surface area contributed by atoms with Gasteiger partial charge in [-0.25, -0.2) is 0 Å². The number of hydrogen-bond donors (Lipinski definition) is 0. The minimum atomic E-state index is 0.932. The lowest BCUT2D eigenvalue weighted by Gasteiger charge is -2.06. The van der Waals surface area contributed by atoms with Gasteiger partial charge in [-0.1, -0.05) is 61.3 Å². The first kappa shape index (κ1) is 13.6. The van der Waals surface area contributed by atoms with Crippen molar-refractivity contribution >= 4 is 22.7 Å². The van der Waals surface area contributed by atoms with Gasteiger partial charge in [-0.05, 0) is 43.0 Å². The Morgan fingerprint density at radius 3 is 2.06 bits per heavy atom. The molecule has 1 rings (SSSR count). The van der Waals surface area contributed by atoms with E-state index in [0.717, 1.165) is 10.4 Å². The standard InChI is InChI=1S/C16H18S/c1-5-6-7-12(2)13(3)15-8-10-16(11-9-15)14(4)17/h5-11H,1H2,2-4H3/b7-6-,13-12+. The third-order valence-corrected chi connectivity index (χ3v) is 3.03. The van der Waals surface area contributed by atoms with Crippen molar-refractivity contribution in [1.29, 1.82) is 0 Å². The van der Waals surface area contributed by atoms with Gasteiger partial charge in [0.25, 0.3) is 0 Å². The van der Waals surface area contributed by atoms with E-state index >= 15 is 0 Å². The summed E-state index contributed by atoms with van der Waals surface area (Å²) in [5.41, 5.74) is 4.88. The zero-order valence-corrected chi connectivity index (χ0v) is 11.5. The first-order valence-electron chi connectivity index (χ1n) is 5.64. The lowest BCUT2D eigenvalue weighted by atomic mass is 10.00. The van der Waals surface area contributed by atoms with Crippen molar-refractivity contribution in [1.82, 2.24) is 0 Å². The Balaban J connectivity index is 3.04. The van der Waals surface area contributed by atoms with Crippen molar-refractivity contribution in [3.8, 4) is 0 Å². The first-order valence-corrected chi connectivity index (χ1v) is 6.05. The van der Waals surface area contributed by atoms with E-state index in [1.807, 2.05) is 13.0 Å². The van der Waals surface area contributed by atoms with E-state index in [-0.39, 0.29) is 0 Å². The van der Waals surface area contributed by atoms with Gasteiger partial charge >= 0.3 is 0 Å². The largest absolute Gasteiger partial charge is 0.0991 e. The second kappa shape index (κ2) is 6.31. The Morgan fingerprint density at radius 2 is 1.59 bits per heavy atom. The average molecular weight is 242 g/mol. The molecule has 0 aliphatic heterocycles. The minimum absolute atomic E-state index is 0.932. The quantitative estimate of drug-likeness (QED) is 0.408. The molecule has 0 fully saturated rings. The topological polar surface area (TPSA) is 0 Å². The molecule has 0 N–H and O–H groups in total. The molecular weight excluding hydrogens is 224 g/mol. The highest BCUT2D eigenvalue weighted by molar-refractivity contribution is 7.80. The smallest absolute Gasteiger partial charge is 0.0193 e. The Labute approximate surface area is 109 Å². The molecule has 0 aliphatic rings. The summed E-state index contributed by atoms with van der Waals surface area (Å²) in [6.07, 6.45) is 5.81. The van der Waals surface area contributed by atoms with Gasteiger partial charge in [-0.2, -0.15) is 0 Å². The number of allylic oxidation sites excluding steroid dienone is 5. The van der Waals surface area contributed by atoms with Crippen LogP contribution in [0.1, 0.15) is 31.9 Å². The molecule has 1 heteroatoms. The molecule has 0 aromatic heterocycles. The van der Waals surface area contributed by atoms with Gasteiger partial charge < -0.3 is 0 Å². The van der Waals surface area contributed by atoms with Crippen LogP contribution in [-0.4, -0.2) is 4.86 Å². The predicted octanol–water partition coefficient (Wildman–Crippen LogP) is 4.96. The summed E-state index contributed by atoms with van der Waals surface area (Å²) in [5.74, 6) is 0. The average Bonchev–Trinajstić information content (AvgIpc) is 2.35. The number of hydrogen-bond acceptors (Lipinski definition) is 1. The van der Waals surface area contributed by atoms with E-state index < -0.39 is 0 Å². The van der Waals surface area contributed by atoms with Crippen LogP contribution in [-0.2, 0) is 0 Å². The zero-order valence-electron chi connectivity index (χ0n) is 10.7. The van der Waals surface area contributed by atoms with Gasteiger partial charge in [0.1, 0.15) is 0 Å². The SMILES string of the molecule is C=C/C=C\C(C)=C(/C)c1ccc(C(C)=S)cc1. The van der Waals surface area contributed by atoms with Gasteiger partial charge in [-0.15, -0.1) is 0 Å². The lowest BCUT2D eigenvalue weighted by Crippen LogP contribution is -1.90. The van der Waals surface area contributed by atoms with Crippen molar-refractivity contribution in [2.45, 2.75) is 20.8 Å². The predicted molar refractivity (Wildman–Crippen MR) is 81.4 cm³/mol. The summed E-state index contributed by atoms with van der Waals surface area (Å²) in [4.78, 5) is 0.932. The maximum atomic E-state index is 5.15. The normalized spacial score (nSPS) is 12.4. The van der Waals surface area contributed by atoms with Gasteiger partial charge in [0.15, 0.2) is 0 Å². The fourth-order valence-electron chi connectivity index (χ4n) is 1.52. The van der Waals surface area contributed by atoms with Crippen LogP contribution in [0.15, 0.2) is 54.6 Å². The summed E-state index contributed by atoms with van der Waals surface area (Å²) in [7, 11) is 0. The third-order valence-electron chi connectivity index (χ3n) is 2.80. The molecule has 88 valence electrons. The van der Waals surface area contributed by atoms with Crippen LogP contribution in [0.2, 0.25) is 0 Å². The number of benzene rings is 1. The van der Waals surface area contributed by atoms with E-state index in [1.54, 1.807) is 6.08 Å². The summed E-state index contributed by atoms with van der Waals surface area (Å²) < 4.78 is 0. The van der Waals surface area contributed by atoms with Crippen LogP contribution in [0.25, 0.3) is 5.57 Å². The third kappa shape index (κ3) is 3.79. The molecule has 0 saturated heterocycles. The molecule has 0 atom stereocenters. The van der Waals surface area contributed by atoms with E-state index in [0.29, 0.717) is 0 Å². The van der Waals surface area contributed by atoms with Gasteiger partial charge in [0.05, 0.1) is 0 Å². The number of thiocarbonyl (C=S) groups is 1. The van der Waals surface area contributed by atoms with E-state index in [4.69, 9.17) is 12.2 Å². The molecule has 0 unspecified atom stereocenters. The van der Waals surface area contributed by atoms with Crippen LogP contribution in [0.4, 0.5) is 0 Å². The Morgan fingerprint density at radius 1 is 1.06 bits per heavy atom. The van der Waals surface area contributed by atoms with Gasteiger partial charge in [0, 0.05) is 4.86 Å². The van der Waals surface area contributed by atoms with E-state index in [2.05, 4.69) is 50.8 Å². The molecule has 17 heavy (non-hydrogen) atoms. The fourth-order valence-corrected chi connectivity index (χ4v) is 1.66. The van der Waals surface area contributed by atoms with Gasteiger partial charge in [-0.3, -0.25) is 0 Å². The zero-order chi connectivity index (χ0) is 12.8. The lowest BCUT2D eigenvalue weighted by molar-refractivity contribution is 1.45. The molecule has 0 amide bonds. The van der Waals surface area contributed by atoms with Crippen LogP contribution in [0, 0.1) is 0 Å². The maximum absolute atomic E-state index is 5.15. The Hall–Kier alpha value is -1.47. The molecule has 0 bridgehead atoms. The van der Waals surface area contributed by atoms with Crippen molar-refractivity contribution in [3.63, 3.8) is 0 Å². The second-order valence-electron chi connectivity index (χ2n) is 4.04. The maximum Gasteiger partial charge on any atom is 0.0193 e. The van der Waals surface area contributed by atoms with Crippen molar-refractivity contribution in [3.05, 3.63) is 65.8 Å². The van der Waals surface area contributed by atoms with E-state index in [9.17, 15) is 0 Å². The van der Waals surface area contributed by atoms with Crippen molar-refractivity contribution in [2.24, 2.45) is 0 Å². The van der Waals surface area contributed by atoms with Gasteiger partial charge in [0.2, 0.25) is 0 Å². The Kier molecular flexibility index (Phi) is 5.05. The summed E-state index contributed by atoms with van der Waals surface area (Å²) in [5, 5.41) is 0.